The zero-order valence-electron chi connectivity index (χ0n) is 16.1. The van der Waals surface area contributed by atoms with E-state index in [1.54, 1.807) is 29.1 Å². The van der Waals surface area contributed by atoms with Gasteiger partial charge in [-0.3, -0.25) is 14.3 Å². The maximum Gasteiger partial charge on any atom is 0.303 e. The summed E-state index contributed by atoms with van der Waals surface area (Å²) >= 11 is 12.1. The monoisotopic (exact) mass is 445 g/mol. The summed E-state index contributed by atoms with van der Waals surface area (Å²) in [5, 5.41) is 17.0. The molecule has 0 radical (unpaired) electrons. The molecule has 156 valence electrons. The van der Waals surface area contributed by atoms with Gasteiger partial charge in [0, 0.05) is 31.3 Å². The maximum absolute atomic E-state index is 12.9. The van der Waals surface area contributed by atoms with E-state index >= 15 is 0 Å². The van der Waals surface area contributed by atoms with E-state index in [1.165, 1.54) is 0 Å². The predicted octanol–water partition coefficient (Wildman–Crippen LogP) is 4.69. The molecule has 0 spiro atoms. The third kappa shape index (κ3) is 5.84. The van der Waals surface area contributed by atoms with Gasteiger partial charge in [0.2, 0.25) is 0 Å². The number of carbonyl (C=O) groups excluding carboxylic acids is 1. The number of aryl methyl sites for hydroxylation is 1. The summed E-state index contributed by atoms with van der Waals surface area (Å²) in [7, 11) is 0. The molecule has 0 aliphatic heterocycles. The average molecular weight is 446 g/mol. The smallest absolute Gasteiger partial charge is 0.303 e. The average Bonchev–Trinajstić information content (AvgIpc) is 3.15. The summed E-state index contributed by atoms with van der Waals surface area (Å²) in [5.41, 5.74) is 2.67. The first kappa shape index (κ1) is 21.9. The second-order valence-electron chi connectivity index (χ2n) is 6.77. The highest BCUT2D eigenvalue weighted by Crippen LogP contribution is 2.29. The van der Waals surface area contributed by atoms with Gasteiger partial charge in [-0.05, 0) is 30.5 Å². The molecule has 0 aliphatic rings. The fraction of sp³-hybridized carbons (Fsp3) is 0.227. The van der Waals surface area contributed by atoms with Gasteiger partial charge in [-0.2, -0.15) is 5.10 Å². The number of nitrogens with one attached hydrogen (secondary N) is 1. The molecule has 6 nitrogen and oxygen atoms in total. The van der Waals surface area contributed by atoms with Crippen molar-refractivity contribution >= 4 is 35.1 Å². The van der Waals surface area contributed by atoms with Crippen molar-refractivity contribution in [3.8, 4) is 11.3 Å². The summed E-state index contributed by atoms with van der Waals surface area (Å²) in [6, 6.07) is 14.9. The van der Waals surface area contributed by atoms with Crippen molar-refractivity contribution in [3.63, 3.8) is 0 Å². The highest BCUT2D eigenvalue weighted by Gasteiger charge is 2.18. The molecule has 30 heavy (non-hydrogen) atoms. The Kier molecular flexibility index (Phi) is 7.49. The minimum Gasteiger partial charge on any atom is -0.481 e. The number of halogens is 2. The second-order valence-corrected chi connectivity index (χ2v) is 7.59. The largest absolute Gasteiger partial charge is 0.481 e. The van der Waals surface area contributed by atoms with E-state index in [-0.39, 0.29) is 12.3 Å². The quantitative estimate of drug-likeness (QED) is 0.499. The van der Waals surface area contributed by atoms with Crippen LogP contribution in [0.1, 0.15) is 28.8 Å². The van der Waals surface area contributed by atoms with Gasteiger partial charge < -0.3 is 10.4 Å². The SMILES string of the molecule is O=C(O)CCCn1cc(C(=O)NCCc2ccccc2)c(-c2ccc(Cl)c(Cl)c2)n1. The van der Waals surface area contributed by atoms with Crippen LogP contribution in [0, 0.1) is 0 Å². The van der Waals surface area contributed by atoms with Crippen molar-refractivity contribution in [2.24, 2.45) is 0 Å². The van der Waals surface area contributed by atoms with Crippen molar-refractivity contribution in [1.82, 2.24) is 15.1 Å². The molecular formula is C22H21Cl2N3O3. The van der Waals surface area contributed by atoms with Gasteiger partial charge >= 0.3 is 5.97 Å². The third-order valence-electron chi connectivity index (χ3n) is 4.52. The van der Waals surface area contributed by atoms with E-state index in [0.717, 1.165) is 5.56 Å². The number of rotatable bonds is 9. The van der Waals surface area contributed by atoms with Crippen LogP contribution in [-0.4, -0.2) is 33.3 Å². The molecule has 0 fully saturated rings. The van der Waals surface area contributed by atoms with E-state index < -0.39 is 5.97 Å². The number of hydrogen-bond acceptors (Lipinski definition) is 3. The lowest BCUT2D eigenvalue weighted by molar-refractivity contribution is -0.137. The topological polar surface area (TPSA) is 84.2 Å². The molecule has 1 aromatic heterocycles. The van der Waals surface area contributed by atoms with Crippen LogP contribution in [0.25, 0.3) is 11.3 Å². The minimum absolute atomic E-state index is 0.0283. The highest BCUT2D eigenvalue weighted by molar-refractivity contribution is 6.42. The van der Waals surface area contributed by atoms with E-state index in [2.05, 4.69) is 10.4 Å². The highest BCUT2D eigenvalue weighted by atomic mass is 35.5. The summed E-state index contributed by atoms with van der Waals surface area (Å²) < 4.78 is 1.59. The van der Waals surface area contributed by atoms with Gasteiger partial charge in [0.25, 0.3) is 5.91 Å². The first-order valence-corrected chi connectivity index (χ1v) is 10.3. The Morgan fingerprint density at radius 1 is 1.07 bits per heavy atom. The van der Waals surface area contributed by atoms with Crippen LogP contribution in [0.4, 0.5) is 0 Å². The van der Waals surface area contributed by atoms with Crippen LogP contribution >= 0.6 is 23.2 Å². The number of amides is 1. The van der Waals surface area contributed by atoms with E-state index in [1.807, 2.05) is 30.3 Å². The van der Waals surface area contributed by atoms with Gasteiger partial charge in [0.15, 0.2) is 0 Å². The number of carboxylic acids is 1. The Morgan fingerprint density at radius 2 is 1.83 bits per heavy atom. The maximum atomic E-state index is 12.9. The van der Waals surface area contributed by atoms with Gasteiger partial charge in [-0.1, -0.05) is 59.6 Å². The van der Waals surface area contributed by atoms with Crippen LogP contribution in [0.15, 0.2) is 54.7 Å². The second kappa shape index (κ2) is 10.3. The van der Waals surface area contributed by atoms with Crippen molar-refractivity contribution < 1.29 is 14.7 Å². The Morgan fingerprint density at radius 3 is 2.53 bits per heavy atom. The van der Waals surface area contributed by atoms with E-state index in [9.17, 15) is 9.59 Å². The lowest BCUT2D eigenvalue weighted by Gasteiger charge is -2.06. The first-order chi connectivity index (χ1) is 14.4. The van der Waals surface area contributed by atoms with Gasteiger partial charge in [-0.25, -0.2) is 0 Å². The molecule has 1 amide bonds. The predicted molar refractivity (Wildman–Crippen MR) is 117 cm³/mol. The van der Waals surface area contributed by atoms with Gasteiger partial charge in [0.05, 0.1) is 15.6 Å². The standard InChI is InChI=1S/C22H21Cl2N3O3/c23-18-9-8-16(13-19(18)24)21-17(14-27(26-21)12-4-7-20(28)29)22(30)25-11-10-15-5-2-1-3-6-15/h1-3,5-6,8-9,13-14H,4,7,10-12H2,(H,25,30)(H,28,29). The Labute approximate surface area is 184 Å². The molecule has 0 bridgehead atoms. The number of nitrogens with zero attached hydrogens (tertiary/aromatic N) is 2. The van der Waals surface area contributed by atoms with Crippen LogP contribution in [0.3, 0.4) is 0 Å². The zero-order chi connectivity index (χ0) is 21.5. The third-order valence-corrected chi connectivity index (χ3v) is 5.26. The summed E-state index contributed by atoms with van der Waals surface area (Å²) in [6.07, 6.45) is 2.78. The van der Waals surface area contributed by atoms with Crippen molar-refractivity contribution in [2.75, 3.05) is 6.54 Å². The number of benzene rings is 2. The number of aromatic nitrogens is 2. The number of carboxylic acid groups (broad SMARTS) is 1. The molecule has 0 saturated heterocycles. The molecule has 3 rings (SSSR count). The van der Waals surface area contributed by atoms with Crippen LogP contribution in [0.5, 0.6) is 0 Å². The molecule has 0 saturated carbocycles. The molecule has 1 heterocycles. The summed E-state index contributed by atoms with van der Waals surface area (Å²) in [6.45, 7) is 0.867. The van der Waals surface area contributed by atoms with Crippen molar-refractivity contribution in [2.45, 2.75) is 25.8 Å². The Bertz CT molecular complexity index is 1040. The van der Waals surface area contributed by atoms with Crippen molar-refractivity contribution in [1.29, 1.82) is 0 Å². The Balaban J connectivity index is 1.78. The van der Waals surface area contributed by atoms with E-state index in [4.69, 9.17) is 28.3 Å². The van der Waals surface area contributed by atoms with Crippen LogP contribution in [-0.2, 0) is 17.8 Å². The lowest BCUT2D eigenvalue weighted by Crippen LogP contribution is -2.25. The first-order valence-electron chi connectivity index (χ1n) is 9.51. The fourth-order valence-electron chi connectivity index (χ4n) is 3.01. The normalized spacial score (nSPS) is 10.7. The lowest BCUT2D eigenvalue weighted by atomic mass is 10.1. The number of carbonyl (C=O) groups is 2. The minimum atomic E-state index is -0.870. The summed E-state index contributed by atoms with van der Waals surface area (Å²) in [5.74, 6) is -1.12. The molecule has 0 atom stereocenters. The Hall–Kier alpha value is -2.83. The zero-order valence-corrected chi connectivity index (χ0v) is 17.7. The summed E-state index contributed by atoms with van der Waals surface area (Å²) in [4.78, 5) is 23.6. The molecule has 2 N–H and O–H groups in total. The molecule has 0 unspecified atom stereocenters. The van der Waals surface area contributed by atoms with Crippen LogP contribution < -0.4 is 5.32 Å². The molecule has 3 aromatic rings. The van der Waals surface area contributed by atoms with Gasteiger partial charge in [-0.15, -0.1) is 0 Å². The van der Waals surface area contributed by atoms with Gasteiger partial charge in [0.1, 0.15) is 5.69 Å². The van der Waals surface area contributed by atoms with E-state index in [0.29, 0.717) is 52.8 Å². The molecule has 8 heteroatoms. The van der Waals surface area contributed by atoms with Crippen molar-refractivity contribution in [3.05, 3.63) is 75.9 Å². The molecule has 2 aromatic carbocycles. The number of hydrogen-bond donors (Lipinski definition) is 2. The molecular weight excluding hydrogens is 425 g/mol. The van der Waals surface area contributed by atoms with Crippen LogP contribution in [0.2, 0.25) is 10.0 Å². The number of aliphatic carboxylic acids is 1. The fourth-order valence-corrected chi connectivity index (χ4v) is 3.31. The molecule has 0 aliphatic carbocycles.